The highest BCUT2D eigenvalue weighted by atomic mass is 127. The average Bonchev–Trinajstić information content (AvgIpc) is 3.07. The van der Waals surface area contributed by atoms with Crippen LogP contribution in [0.25, 0.3) is 0 Å². The number of nitrogens with zero attached hydrogens (tertiary/aromatic N) is 2. The van der Waals surface area contributed by atoms with Crippen molar-refractivity contribution in [3.63, 3.8) is 0 Å². The molecular formula is C15H13FIN3O5. The maximum Gasteiger partial charge on any atom is 0.351 e. The number of benzene rings is 1. The van der Waals surface area contributed by atoms with E-state index in [-0.39, 0.29) is 13.2 Å². The highest BCUT2D eigenvalue weighted by molar-refractivity contribution is 14.1. The van der Waals surface area contributed by atoms with Gasteiger partial charge in [0.15, 0.2) is 24.2 Å². The number of hydrogen-bond acceptors (Lipinski definition) is 6. The first-order valence-corrected chi connectivity index (χ1v) is 8.29. The van der Waals surface area contributed by atoms with E-state index < -0.39 is 35.7 Å². The van der Waals surface area contributed by atoms with Gasteiger partial charge in [-0.05, 0) is 46.9 Å². The minimum Gasteiger partial charge on any atom is -0.391 e. The van der Waals surface area contributed by atoms with Crippen molar-refractivity contribution in [2.24, 2.45) is 0 Å². The number of aliphatic hydroxyl groups excluding tert-OH is 1. The molecule has 1 aliphatic rings. The predicted molar refractivity (Wildman–Crippen MR) is 92.5 cm³/mol. The van der Waals surface area contributed by atoms with Crippen LogP contribution in [0.4, 0.5) is 10.2 Å². The average molecular weight is 461 g/mol. The molecule has 1 aromatic heterocycles. The largest absolute Gasteiger partial charge is 0.391 e. The van der Waals surface area contributed by atoms with Crippen LogP contribution in [0, 0.1) is 9.39 Å². The lowest BCUT2D eigenvalue weighted by atomic mass is 10.2. The Kier molecular flexibility index (Phi) is 5.42. The monoisotopic (exact) mass is 461 g/mol. The first-order valence-electron chi connectivity index (χ1n) is 7.21. The number of aliphatic hydroxyl groups is 1. The molecule has 0 radical (unpaired) electrons. The Hall–Kier alpha value is -1.89. The minimum atomic E-state index is -0.896. The van der Waals surface area contributed by atoms with E-state index in [2.05, 4.69) is 32.9 Å². The van der Waals surface area contributed by atoms with Gasteiger partial charge in [0.05, 0.1) is 19.4 Å². The molecule has 1 aromatic carbocycles. The fourth-order valence-electron chi connectivity index (χ4n) is 2.21. The maximum atomic E-state index is 14.2. The molecule has 1 amide bonds. The first kappa shape index (κ1) is 17.9. The zero-order chi connectivity index (χ0) is 18.0. The Labute approximate surface area is 154 Å². The Bertz CT molecular complexity index is 842. The van der Waals surface area contributed by atoms with Crippen molar-refractivity contribution >= 4 is 34.3 Å². The summed E-state index contributed by atoms with van der Waals surface area (Å²) < 4.78 is 26.4. The lowest BCUT2D eigenvalue weighted by molar-refractivity contribution is -0.0993. The second-order valence-corrected chi connectivity index (χ2v) is 6.37. The van der Waals surface area contributed by atoms with Gasteiger partial charge in [0.25, 0.3) is 5.91 Å². The fourth-order valence-corrected chi connectivity index (χ4v) is 2.56. The molecule has 0 aliphatic carbocycles. The zero-order valence-electron chi connectivity index (χ0n) is 12.7. The standard InChI is InChI=1S/C15H13FIN3O5/c16-10-5-20(11-7-24-12(6-21)25-11)15(23)19-13(10)18-14(22)8-1-3-9(17)4-2-8/h1-5,11-12,21H,6-7H2,(H,18,19,22,23). The molecule has 132 valence electrons. The lowest BCUT2D eigenvalue weighted by Gasteiger charge is -2.13. The van der Waals surface area contributed by atoms with Crippen LogP contribution in [0.3, 0.4) is 0 Å². The molecule has 25 heavy (non-hydrogen) atoms. The summed E-state index contributed by atoms with van der Waals surface area (Å²) in [5.74, 6) is -1.95. The molecule has 2 unspecified atom stereocenters. The van der Waals surface area contributed by atoms with Crippen LogP contribution in [0.2, 0.25) is 0 Å². The molecule has 2 atom stereocenters. The molecule has 2 N–H and O–H groups in total. The number of hydrogen-bond donors (Lipinski definition) is 2. The number of halogens is 2. The van der Waals surface area contributed by atoms with Gasteiger partial charge in [-0.25, -0.2) is 9.18 Å². The molecule has 2 aromatic rings. The summed E-state index contributed by atoms with van der Waals surface area (Å²) in [4.78, 5) is 27.7. The number of anilines is 1. The van der Waals surface area contributed by atoms with Gasteiger partial charge in [-0.3, -0.25) is 9.36 Å². The van der Waals surface area contributed by atoms with Crippen molar-refractivity contribution in [3.05, 3.63) is 55.9 Å². The quantitative estimate of drug-likeness (QED) is 0.662. The number of amides is 1. The van der Waals surface area contributed by atoms with Gasteiger partial charge in [0.1, 0.15) is 0 Å². The summed E-state index contributed by atoms with van der Waals surface area (Å²) in [7, 11) is 0. The van der Waals surface area contributed by atoms with Crippen molar-refractivity contribution < 1.29 is 23.8 Å². The van der Waals surface area contributed by atoms with E-state index in [1.54, 1.807) is 24.3 Å². The van der Waals surface area contributed by atoms with Crippen molar-refractivity contribution in [2.75, 3.05) is 18.5 Å². The first-order chi connectivity index (χ1) is 12.0. The van der Waals surface area contributed by atoms with Crippen LogP contribution in [0.15, 0.2) is 35.3 Å². The van der Waals surface area contributed by atoms with Gasteiger partial charge >= 0.3 is 5.69 Å². The van der Waals surface area contributed by atoms with E-state index in [1.807, 2.05) is 0 Å². The van der Waals surface area contributed by atoms with E-state index in [1.165, 1.54) is 0 Å². The Morgan fingerprint density at radius 2 is 2.16 bits per heavy atom. The van der Waals surface area contributed by atoms with E-state index in [0.717, 1.165) is 14.3 Å². The van der Waals surface area contributed by atoms with Crippen LogP contribution >= 0.6 is 22.6 Å². The van der Waals surface area contributed by atoms with Gasteiger partial charge in [0, 0.05) is 9.13 Å². The SMILES string of the molecule is O=C(Nc1nc(=O)n(C2COC(CO)O2)cc1F)c1ccc(I)cc1. The number of ether oxygens (including phenoxy) is 2. The van der Waals surface area contributed by atoms with Crippen molar-refractivity contribution in [2.45, 2.75) is 12.5 Å². The second kappa shape index (κ2) is 7.56. The van der Waals surface area contributed by atoms with Gasteiger partial charge in [-0.2, -0.15) is 4.98 Å². The number of carbonyl (C=O) groups excluding carboxylic acids is 1. The molecule has 1 aliphatic heterocycles. The smallest absolute Gasteiger partial charge is 0.351 e. The van der Waals surface area contributed by atoms with E-state index >= 15 is 0 Å². The number of nitrogens with one attached hydrogen (secondary N) is 1. The summed E-state index contributed by atoms with van der Waals surface area (Å²) >= 11 is 2.09. The summed E-state index contributed by atoms with van der Waals surface area (Å²) in [6, 6.07) is 6.61. The topological polar surface area (TPSA) is 103 Å². The van der Waals surface area contributed by atoms with Crippen molar-refractivity contribution in [1.82, 2.24) is 9.55 Å². The second-order valence-electron chi connectivity index (χ2n) is 5.12. The highest BCUT2D eigenvalue weighted by Gasteiger charge is 2.28. The summed E-state index contributed by atoms with van der Waals surface area (Å²) in [5.41, 5.74) is -0.504. The van der Waals surface area contributed by atoms with Gasteiger partial charge in [-0.15, -0.1) is 0 Å². The van der Waals surface area contributed by atoms with Crippen LogP contribution in [-0.2, 0) is 9.47 Å². The molecule has 0 bridgehead atoms. The normalized spacial score (nSPS) is 19.8. The molecule has 10 heteroatoms. The summed E-state index contributed by atoms with van der Waals surface area (Å²) in [6.45, 7) is -0.411. The van der Waals surface area contributed by atoms with Crippen molar-refractivity contribution in [3.8, 4) is 0 Å². The van der Waals surface area contributed by atoms with E-state index in [9.17, 15) is 14.0 Å². The molecule has 0 saturated carbocycles. The van der Waals surface area contributed by atoms with Gasteiger partial charge in [0.2, 0.25) is 0 Å². The van der Waals surface area contributed by atoms with Crippen LogP contribution < -0.4 is 11.0 Å². The number of carbonyl (C=O) groups is 1. The minimum absolute atomic E-state index is 0.0272. The Balaban J connectivity index is 1.79. The lowest BCUT2D eigenvalue weighted by Crippen LogP contribution is -2.30. The Morgan fingerprint density at radius 3 is 2.80 bits per heavy atom. The molecule has 1 saturated heterocycles. The molecular weight excluding hydrogens is 448 g/mol. The van der Waals surface area contributed by atoms with E-state index in [0.29, 0.717) is 5.56 Å². The molecule has 1 fully saturated rings. The van der Waals surface area contributed by atoms with Crippen molar-refractivity contribution in [1.29, 1.82) is 0 Å². The summed E-state index contributed by atoms with van der Waals surface area (Å²) in [5, 5.41) is 11.2. The Morgan fingerprint density at radius 1 is 1.44 bits per heavy atom. The van der Waals surface area contributed by atoms with Gasteiger partial charge in [-0.1, -0.05) is 0 Å². The number of rotatable bonds is 4. The van der Waals surface area contributed by atoms with Gasteiger partial charge < -0.3 is 19.9 Å². The number of aromatic nitrogens is 2. The molecule has 3 rings (SSSR count). The predicted octanol–water partition coefficient (Wildman–Crippen LogP) is 1.10. The third-order valence-corrected chi connectivity index (χ3v) is 4.16. The molecule has 2 heterocycles. The summed E-state index contributed by atoms with van der Waals surface area (Å²) in [6.07, 6.45) is -0.889. The van der Waals surface area contributed by atoms with E-state index in [4.69, 9.17) is 14.6 Å². The van der Waals surface area contributed by atoms with Crippen LogP contribution in [-0.4, -0.2) is 40.1 Å². The molecule has 8 nitrogen and oxygen atoms in total. The molecule has 0 spiro atoms. The maximum absolute atomic E-state index is 14.2. The van der Waals surface area contributed by atoms with Crippen LogP contribution in [0.1, 0.15) is 16.6 Å². The fraction of sp³-hybridized carbons (Fsp3) is 0.267. The highest BCUT2D eigenvalue weighted by Crippen LogP contribution is 2.20. The van der Waals surface area contributed by atoms with Crippen LogP contribution in [0.5, 0.6) is 0 Å². The third-order valence-electron chi connectivity index (χ3n) is 3.44. The third kappa shape index (κ3) is 4.03. The zero-order valence-corrected chi connectivity index (χ0v) is 14.8.